The zero-order valence-electron chi connectivity index (χ0n) is 20.3. The first-order valence-corrected chi connectivity index (χ1v) is 11.9. The number of amides is 2. The van der Waals surface area contributed by atoms with Crippen molar-refractivity contribution in [1.29, 1.82) is 0 Å². The largest absolute Gasteiger partial charge is 0.493 e. The van der Waals surface area contributed by atoms with Crippen LogP contribution in [0.15, 0.2) is 53.1 Å². The number of methoxy groups -OCH3 is 1. The Morgan fingerprint density at radius 2 is 1.83 bits per heavy atom. The van der Waals surface area contributed by atoms with Gasteiger partial charge < -0.3 is 19.9 Å². The van der Waals surface area contributed by atoms with Crippen LogP contribution < -0.4 is 19.8 Å². The predicted octanol–water partition coefficient (Wildman–Crippen LogP) is 4.03. The van der Waals surface area contributed by atoms with Crippen LogP contribution in [0.3, 0.4) is 0 Å². The minimum atomic E-state index is -1.04. The van der Waals surface area contributed by atoms with Crippen molar-refractivity contribution in [1.82, 2.24) is 5.32 Å². The average Bonchev–Trinajstić information content (AvgIpc) is 3.16. The van der Waals surface area contributed by atoms with Gasteiger partial charge in [-0.3, -0.25) is 9.59 Å². The summed E-state index contributed by atoms with van der Waals surface area (Å²) in [5, 5.41) is 17.7. The van der Waals surface area contributed by atoms with Gasteiger partial charge in [0.1, 0.15) is 0 Å². The molecule has 188 valence electrons. The Bertz CT molecular complexity index is 1210. The molecule has 9 nitrogen and oxygen atoms in total. The van der Waals surface area contributed by atoms with Gasteiger partial charge in [0.25, 0.3) is 11.8 Å². The summed E-state index contributed by atoms with van der Waals surface area (Å²) in [4.78, 5) is 36.4. The van der Waals surface area contributed by atoms with Gasteiger partial charge in [-0.1, -0.05) is 25.3 Å². The number of aromatic carboxylic acids is 1. The zero-order chi connectivity index (χ0) is 25.7. The van der Waals surface area contributed by atoms with Crippen molar-refractivity contribution in [3.05, 3.63) is 59.2 Å². The number of rotatable bonds is 8. The topological polar surface area (TPSA) is 118 Å². The first kappa shape index (κ1) is 25.0. The third-order valence-corrected chi connectivity index (χ3v) is 6.25. The molecule has 1 heterocycles. The maximum atomic E-state index is 13.0. The summed E-state index contributed by atoms with van der Waals surface area (Å²) in [6.45, 7) is 1.63. The predicted molar refractivity (Wildman–Crippen MR) is 135 cm³/mol. The summed E-state index contributed by atoms with van der Waals surface area (Å²) in [5.41, 5.74) is 2.23. The van der Waals surface area contributed by atoms with E-state index in [1.165, 1.54) is 30.7 Å². The molecule has 4 rings (SSSR count). The van der Waals surface area contributed by atoms with E-state index < -0.39 is 5.97 Å². The number of benzene rings is 2. The lowest BCUT2D eigenvalue weighted by Gasteiger charge is -2.22. The molecule has 2 aromatic carbocycles. The summed E-state index contributed by atoms with van der Waals surface area (Å²) in [7, 11) is 1.51. The second-order valence-electron chi connectivity index (χ2n) is 8.81. The van der Waals surface area contributed by atoms with Crippen molar-refractivity contribution in [3.8, 4) is 11.5 Å². The van der Waals surface area contributed by atoms with Crippen LogP contribution in [-0.2, 0) is 9.59 Å². The highest BCUT2D eigenvalue weighted by Crippen LogP contribution is 2.31. The lowest BCUT2D eigenvalue weighted by molar-refractivity contribution is -0.124. The van der Waals surface area contributed by atoms with Gasteiger partial charge in [0.15, 0.2) is 18.1 Å². The van der Waals surface area contributed by atoms with E-state index in [2.05, 4.69) is 10.4 Å². The molecule has 0 unspecified atom stereocenters. The van der Waals surface area contributed by atoms with Gasteiger partial charge in [-0.2, -0.15) is 10.1 Å². The molecule has 1 fully saturated rings. The highest BCUT2D eigenvalue weighted by atomic mass is 16.5. The molecule has 1 saturated carbocycles. The lowest BCUT2D eigenvalue weighted by Crippen LogP contribution is -2.39. The molecular weight excluding hydrogens is 462 g/mol. The van der Waals surface area contributed by atoms with E-state index in [4.69, 9.17) is 14.6 Å². The van der Waals surface area contributed by atoms with Gasteiger partial charge in [-0.05, 0) is 67.8 Å². The summed E-state index contributed by atoms with van der Waals surface area (Å²) >= 11 is 0. The number of nitrogens with zero attached hydrogens (tertiary/aromatic N) is 2. The molecule has 0 spiro atoms. The number of hydrazone groups is 1. The monoisotopic (exact) mass is 491 g/mol. The molecule has 0 aromatic heterocycles. The molecule has 2 amide bonds. The van der Waals surface area contributed by atoms with Crippen molar-refractivity contribution in [3.63, 3.8) is 0 Å². The minimum Gasteiger partial charge on any atom is -0.493 e. The number of carbonyl (C=O) groups excluding carboxylic acids is 2. The number of carbonyl (C=O) groups is 3. The van der Waals surface area contributed by atoms with E-state index in [1.807, 2.05) is 0 Å². The van der Waals surface area contributed by atoms with Gasteiger partial charge in [-0.25, -0.2) is 4.79 Å². The van der Waals surface area contributed by atoms with E-state index >= 15 is 0 Å². The van der Waals surface area contributed by atoms with Crippen LogP contribution in [0.1, 0.15) is 54.9 Å². The Morgan fingerprint density at radius 3 is 2.50 bits per heavy atom. The third-order valence-electron chi connectivity index (χ3n) is 6.25. The van der Waals surface area contributed by atoms with Crippen LogP contribution in [0.5, 0.6) is 11.5 Å². The number of carboxylic acid groups (broad SMARTS) is 1. The van der Waals surface area contributed by atoms with Gasteiger partial charge >= 0.3 is 5.97 Å². The Kier molecular flexibility index (Phi) is 7.68. The minimum absolute atomic E-state index is 0.104. The fourth-order valence-electron chi connectivity index (χ4n) is 4.32. The fourth-order valence-corrected chi connectivity index (χ4v) is 4.32. The fraction of sp³-hybridized carbons (Fsp3) is 0.333. The van der Waals surface area contributed by atoms with E-state index in [1.54, 1.807) is 43.3 Å². The molecule has 2 aromatic rings. The van der Waals surface area contributed by atoms with Crippen LogP contribution >= 0.6 is 0 Å². The molecule has 9 heteroatoms. The second-order valence-corrected chi connectivity index (χ2v) is 8.81. The quantitative estimate of drug-likeness (QED) is 0.539. The highest BCUT2D eigenvalue weighted by Gasteiger charge is 2.29. The number of carboxylic acids is 1. The van der Waals surface area contributed by atoms with E-state index in [0.717, 1.165) is 25.7 Å². The van der Waals surface area contributed by atoms with E-state index in [0.29, 0.717) is 34.0 Å². The Balaban J connectivity index is 1.44. The van der Waals surface area contributed by atoms with Crippen LogP contribution in [0.2, 0.25) is 0 Å². The Labute approximate surface area is 209 Å². The summed E-state index contributed by atoms with van der Waals surface area (Å²) in [6.07, 6.45) is 7.21. The summed E-state index contributed by atoms with van der Waals surface area (Å²) < 4.78 is 11.1. The third kappa shape index (κ3) is 5.73. The molecule has 0 saturated heterocycles. The van der Waals surface area contributed by atoms with Gasteiger partial charge in [0, 0.05) is 6.04 Å². The molecule has 1 aliphatic heterocycles. The standard InChI is InChI=1S/C27H29N3O6/c1-17-22(26(32)30(29-17)21-11-9-19(10-12-21)27(33)34)14-18-8-13-23(24(15-18)35-2)36-16-25(31)28-20-6-4-3-5-7-20/h8-15,20H,3-7,16H2,1-2H3,(H,28,31)(H,33,34)/b22-14+. The molecule has 1 aliphatic carbocycles. The molecular formula is C27H29N3O6. The number of anilines is 1. The summed E-state index contributed by atoms with van der Waals surface area (Å²) in [6, 6.07) is 11.4. The molecule has 0 bridgehead atoms. The summed E-state index contributed by atoms with van der Waals surface area (Å²) in [5.74, 6) is -0.650. The van der Waals surface area contributed by atoms with Crippen molar-refractivity contribution in [2.45, 2.75) is 45.1 Å². The maximum Gasteiger partial charge on any atom is 0.335 e. The molecule has 0 radical (unpaired) electrons. The smallest absolute Gasteiger partial charge is 0.335 e. The van der Waals surface area contributed by atoms with Crippen molar-refractivity contribution >= 4 is 35.3 Å². The number of hydrogen-bond acceptors (Lipinski definition) is 6. The number of hydrogen-bond donors (Lipinski definition) is 2. The molecule has 0 atom stereocenters. The first-order valence-electron chi connectivity index (χ1n) is 11.9. The Hall–Kier alpha value is -4.14. The average molecular weight is 492 g/mol. The van der Waals surface area contributed by atoms with Crippen LogP contribution in [0.4, 0.5) is 5.69 Å². The van der Waals surface area contributed by atoms with E-state index in [-0.39, 0.29) is 30.0 Å². The van der Waals surface area contributed by atoms with Crippen LogP contribution in [0, 0.1) is 0 Å². The lowest BCUT2D eigenvalue weighted by atomic mass is 9.95. The van der Waals surface area contributed by atoms with Gasteiger partial charge in [0.05, 0.1) is 29.6 Å². The van der Waals surface area contributed by atoms with Gasteiger partial charge in [-0.15, -0.1) is 0 Å². The Morgan fingerprint density at radius 1 is 1.11 bits per heavy atom. The highest BCUT2D eigenvalue weighted by molar-refractivity contribution is 6.32. The molecule has 2 N–H and O–H groups in total. The maximum absolute atomic E-state index is 13.0. The van der Waals surface area contributed by atoms with Crippen molar-refractivity contribution < 1.29 is 29.0 Å². The van der Waals surface area contributed by atoms with Crippen molar-refractivity contribution in [2.75, 3.05) is 18.7 Å². The SMILES string of the molecule is COc1cc(/C=C2/C(=O)N(c3ccc(C(=O)O)cc3)N=C2C)ccc1OCC(=O)NC1CCCCC1. The van der Waals surface area contributed by atoms with Gasteiger partial charge in [0.2, 0.25) is 0 Å². The van der Waals surface area contributed by atoms with Crippen LogP contribution in [0.25, 0.3) is 6.08 Å². The van der Waals surface area contributed by atoms with Crippen molar-refractivity contribution in [2.24, 2.45) is 5.10 Å². The number of nitrogens with one attached hydrogen (secondary N) is 1. The number of ether oxygens (including phenoxy) is 2. The zero-order valence-corrected chi connectivity index (χ0v) is 20.3. The normalized spacial score (nSPS) is 17.2. The molecule has 36 heavy (non-hydrogen) atoms. The molecule has 2 aliphatic rings. The van der Waals surface area contributed by atoms with Crippen LogP contribution in [-0.4, -0.2) is 48.4 Å². The van der Waals surface area contributed by atoms with E-state index in [9.17, 15) is 14.4 Å². The second kappa shape index (κ2) is 11.1. The first-order chi connectivity index (χ1) is 17.4.